The Morgan fingerprint density at radius 3 is 1.75 bits per heavy atom. The van der Waals surface area contributed by atoms with Crippen molar-refractivity contribution < 1.29 is 4.42 Å². The predicted molar refractivity (Wildman–Crippen MR) is 219 cm³/mol. The molecule has 0 N–H and O–H groups in total. The monoisotopic (exact) mass is 651 g/mol. The summed E-state index contributed by atoms with van der Waals surface area (Å²) in [5, 5.41) is 3.11. The van der Waals surface area contributed by atoms with E-state index in [0.29, 0.717) is 48.5 Å². The third-order valence-corrected chi connectivity index (χ3v) is 10.6. The highest BCUT2D eigenvalue weighted by molar-refractivity contribution is 7.28. The summed E-state index contributed by atoms with van der Waals surface area (Å²) in [5.41, 5.74) is 6.95. The highest BCUT2D eigenvalue weighted by atomic mass is 32.1. The van der Waals surface area contributed by atoms with Crippen LogP contribution in [0.3, 0.4) is 0 Å². The first kappa shape index (κ1) is 31.8. The van der Waals surface area contributed by atoms with E-state index in [-0.39, 0.29) is 44.1 Å². The first-order valence-corrected chi connectivity index (χ1v) is 16.8. The van der Waals surface area contributed by atoms with Crippen molar-refractivity contribution >= 4 is 147 Å². The third kappa shape index (κ3) is 4.95. The van der Waals surface area contributed by atoms with Gasteiger partial charge in [0.1, 0.15) is 66.1 Å². The lowest BCUT2D eigenvalue weighted by Gasteiger charge is -2.18. The molecule has 0 saturated heterocycles. The maximum absolute atomic E-state index is 6.84. The van der Waals surface area contributed by atoms with Crippen molar-refractivity contribution in [3.63, 3.8) is 0 Å². The van der Waals surface area contributed by atoms with Crippen LogP contribution in [0.4, 0.5) is 0 Å². The van der Waals surface area contributed by atoms with E-state index in [4.69, 9.17) is 74.3 Å². The van der Waals surface area contributed by atoms with E-state index >= 15 is 0 Å². The van der Waals surface area contributed by atoms with E-state index < -0.39 is 0 Å². The molecule has 6 aromatic carbocycles. The SMILES string of the molecule is [B]c1c([B])c([B])c2c(sc3c([B])c([B])c([B])c(-c4nc(-c5cccc(-c6ccccc6)c5)nc(-c5ccc6c(c5)oc5ccccc56)n4)c32)c1[B]. The average molecular weight is 650 g/mol. The molecule has 0 bridgehead atoms. The lowest BCUT2D eigenvalue weighted by Crippen LogP contribution is -2.47. The number of nitrogens with zero attached hydrogens (tertiary/aromatic N) is 3. The second-order valence-corrected chi connectivity index (χ2v) is 13.4. The highest BCUT2D eigenvalue weighted by Crippen LogP contribution is 2.37. The van der Waals surface area contributed by atoms with Crippen molar-refractivity contribution in [3.8, 4) is 45.3 Å². The van der Waals surface area contributed by atoms with Crippen molar-refractivity contribution in [2.45, 2.75) is 0 Å². The van der Waals surface area contributed by atoms with Gasteiger partial charge < -0.3 is 4.42 Å². The molecule has 3 heterocycles. The number of para-hydroxylation sites is 1. The molecule has 0 saturated carbocycles. The Morgan fingerprint density at radius 2 is 0.980 bits per heavy atom. The van der Waals surface area contributed by atoms with E-state index in [0.717, 1.165) is 33.0 Å². The highest BCUT2D eigenvalue weighted by Gasteiger charge is 2.24. The van der Waals surface area contributed by atoms with E-state index in [9.17, 15) is 0 Å². The maximum atomic E-state index is 6.84. The summed E-state index contributed by atoms with van der Waals surface area (Å²) in [5.74, 6) is 1.06. The normalized spacial score (nSPS) is 11.7. The van der Waals surface area contributed by atoms with Crippen LogP contribution in [0.2, 0.25) is 0 Å². The van der Waals surface area contributed by atoms with Crippen LogP contribution < -0.4 is 38.2 Å². The Balaban J connectivity index is 1.36. The first-order valence-electron chi connectivity index (χ1n) is 16.0. The smallest absolute Gasteiger partial charge is 0.164 e. The minimum atomic E-state index is 0.161. The molecular formula is C39H16B7N3OS. The van der Waals surface area contributed by atoms with Crippen molar-refractivity contribution in [2.75, 3.05) is 0 Å². The molecule has 0 atom stereocenters. The van der Waals surface area contributed by atoms with Gasteiger partial charge in [0.15, 0.2) is 17.5 Å². The van der Waals surface area contributed by atoms with Crippen LogP contribution in [0.25, 0.3) is 87.4 Å². The standard InChI is InChI=1S/C39H16B7N3OS/c40-28-26-25-27(29(41)31(43)33(45)35(25)51-36(26)34(46)32(44)30(28)42)39-48-37(19-10-6-9-18(15-19)17-7-2-1-3-8-17)47-38(49-39)20-13-14-22-21-11-4-5-12-23(21)50-24(22)16-20/h1-16H. The molecule has 51 heavy (non-hydrogen) atoms. The largest absolute Gasteiger partial charge is 0.456 e. The average Bonchev–Trinajstić information content (AvgIpc) is 3.75. The number of hydrogen-bond donors (Lipinski definition) is 0. The van der Waals surface area contributed by atoms with Crippen molar-refractivity contribution in [2.24, 2.45) is 0 Å². The van der Waals surface area contributed by atoms with Crippen LogP contribution in [0, 0.1) is 0 Å². The Morgan fingerprint density at radius 1 is 0.412 bits per heavy atom. The molecule has 0 aliphatic rings. The Kier molecular flexibility index (Phi) is 7.45. The molecule has 0 fully saturated rings. The molecule has 0 amide bonds. The number of thiophene rings is 1. The van der Waals surface area contributed by atoms with Gasteiger partial charge in [-0.25, -0.2) is 15.0 Å². The molecule has 9 aromatic rings. The maximum Gasteiger partial charge on any atom is 0.164 e. The molecule has 9 rings (SSSR count). The van der Waals surface area contributed by atoms with E-state index in [1.165, 1.54) is 11.3 Å². The number of fused-ring (bicyclic) bond motifs is 6. The lowest BCUT2D eigenvalue weighted by atomic mass is 9.64. The summed E-state index contributed by atoms with van der Waals surface area (Å²) in [4.78, 5) is 15.1. The number of rotatable bonds is 4. The van der Waals surface area contributed by atoms with Crippen molar-refractivity contribution in [3.05, 3.63) is 97.1 Å². The van der Waals surface area contributed by atoms with Gasteiger partial charge in [-0.2, -0.15) is 0 Å². The fraction of sp³-hybridized carbons (Fsp3) is 0. The van der Waals surface area contributed by atoms with Crippen LogP contribution >= 0.6 is 11.3 Å². The molecule has 0 aliphatic carbocycles. The zero-order chi connectivity index (χ0) is 35.1. The van der Waals surface area contributed by atoms with E-state index in [1.54, 1.807) is 0 Å². The summed E-state index contributed by atoms with van der Waals surface area (Å²) in [7, 11) is 45.8. The summed E-state index contributed by atoms with van der Waals surface area (Å²) in [6.07, 6.45) is 0. The Labute approximate surface area is 307 Å². The van der Waals surface area contributed by atoms with Crippen LogP contribution in [0.15, 0.2) is 101 Å². The summed E-state index contributed by atoms with van der Waals surface area (Å²) < 4.78 is 7.44. The van der Waals surface area contributed by atoms with Gasteiger partial charge in [0.2, 0.25) is 0 Å². The van der Waals surface area contributed by atoms with E-state index in [2.05, 4.69) is 12.1 Å². The fourth-order valence-electron chi connectivity index (χ4n) is 6.70. The van der Waals surface area contributed by atoms with E-state index in [1.807, 2.05) is 84.9 Å². The van der Waals surface area contributed by atoms with Gasteiger partial charge in [-0.05, 0) is 40.8 Å². The molecule has 14 radical (unpaired) electrons. The van der Waals surface area contributed by atoms with Gasteiger partial charge in [-0.1, -0.05) is 94.6 Å². The third-order valence-electron chi connectivity index (χ3n) is 9.36. The number of furan rings is 1. The fourth-order valence-corrected chi connectivity index (χ4v) is 7.97. The second kappa shape index (κ2) is 12.0. The Hall–Kier alpha value is -5.20. The molecule has 12 heteroatoms. The number of benzene rings is 6. The van der Waals surface area contributed by atoms with Crippen LogP contribution in [0.5, 0.6) is 0 Å². The Bertz CT molecular complexity index is 2910. The summed E-state index contributed by atoms with van der Waals surface area (Å²) in [6, 6.07) is 31.9. The molecule has 3 aromatic heterocycles. The molecular weight excluding hydrogens is 634 g/mol. The van der Waals surface area contributed by atoms with Gasteiger partial charge >= 0.3 is 0 Å². The second-order valence-electron chi connectivity index (χ2n) is 12.3. The van der Waals surface area contributed by atoms with Gasteiger partial charge in [0, 0.05) is 42.2 Å². The quantitative estimate of drug-likeness (QED) is 0.275. The van der Waals surface area contributed by atoms with Gasteiger partial charge in [-0.3, -0.25) is 0 Å². The molecule has 4 nitrogen and oxygen atoms in total. The van der Waals surface area contributed by atoms with Gasteiger partial charge in [0.25, 0.3) is 0 Å². The number of hydrogen-bond acceptors (Lipinski definition) is 5. The van der Waals surface area contributed by atoms with Gasteiger partial charge in [0.05, 0.1) is 0 Å². The lowest BCUT2D eigenvalue weighted by molar-refractivity contribution is 0.669. The zero-order valence-electron chi connectivity index (χ0n) is 26.9. The summed E-state index contributed by atoms with van der Waals surface area (Å²) >= 11 is 1.30. The number of aromatic nitrogens is 3. The molecule has 220 valence electrons. The first-order chi connectivity index (χ1) is 24.7. The minimum absolute atomic E-state index is 0.161. The van der Waals surface area contributed by atoms with Crippen LogP contribution in [-0.4, -0.2) is 69.9 Å². The predicted octanol–water partition coefficient (Wildman–Crippen LogP) is 2.36. The topological polar surface area (TPSA) is 51.8 Å². The van der Waals surface area contributed by atoms with Crippen LogP contribution in [0.1, 0.15) is 0 Å². The summed E-state index contributed by atoms with van der Waals surface area (Å²) in [6.45, 7) is 0. The molecule has 0 spiro atoms. The van der Waals surface area contributed by atoms with Gasteiger partial charge in [-0.15, -0.1) is 27.7 Å². The van der Waals surface area contributed by atoms with Crippen molar-refractivity contribution in [1.29, 1.82) is 0 Å². The zero-order valence-corrected chi connectivity index (χ0v) is 27.8. The van der Waals surface area contributed by atoms with Crippen LogP contribution in [-0.2, 0) is 0 Å². The molecule has 0 aliphatic heterocycles. The molecule has 0 unspecified atom stereocenters. The minimum Gasteiger partial charge on any atom is -0.456 e. The van der Waals surface area contributed by atoms with Crippen molar-refractivity contribution in [1.82, 2.24) is 15.0 Å².